The van der Waals surface area contributed by atoms with E-state index < -0.39 is 5.97 Å². The van der Waals surface area contributed by atoms with Gasteiger partial charge in [-0.3, -0.25) is 14.4 Å². The van der Waals surface area contributed by atoms with Crippen molar-refractivity contribution in [2.45, 2.75) is 51.5 Å². The number of esters is 1. The first-order valence-electron chi connectivity index (χ1n) is 8.69. The van der Waals surface area contributed by atoms with Crippen molar-refractivity contribution < 1.29 is 19.1 Å². The fraction of sp³-hybridized carbons (Fsp3) is 0.526. The molecule has 0 radical (unpaired) electrons. The summed E-state index contributed by atoms with van der Waals surface area (Å²) in [5.74, 6) is -0.467. The van der Waals surface area contributed by atoms with E-state index in [0.29, 0.717) is 11.5 Å². The van der Waals surface area contributed by atoms with Crippen LogP contribution in [-0.2, 0) is 14.3 Å². The average Bonchev–Trinajstić information content (AvgIpc) is 2.60. The molecule has 1 saturated carbocycles. The van der Waals surface area contributed by atoms with Crippen LogP contribution in [0.5, 0.6) is 0 Å². The zero-order chi connectivity index (χ0) is 18.2. The lowest BCUT2D eigenvalue weighted by atomic mass is 9.86. The Morgan fingerprint density at radius 3 is 2.48 bits per heavy atom. The first kappa shape index (κ1) is 19.6. The highest BCUT2D eigenvalue weighted by Crippen LogP contribution is 2.23. The minimum Gasteiger partial charge on any atom is -0.456 e. The molecule has 0 unspecified atom stereocenters. The van der Waals surface area contributed by atoms with E-state index in [2.05, 4.69) is 28.2 Å². The van der Waals surface area contributed by atoms with Crippen LogP contribution < -0.4 is 5.32 Å². The van der Waals surface area contributed by atoms with Crippen LogP contribution in [0.25, 0.3) is 0 Å². The van der Waals surface area contributed by atoms with Gasteiger partial charge in [0.15, 0.2) is 12.4 Å². The number of nitrogens with one attached hydrogen (secondary N) is 1. The van der Waals surface area contributed by atoms with Crippen molar-refractivity contribution in [2.75, 3.05) is 6.61 Å². The fourth-order valence-corrected chi connectivity index (χ4v) is 3.26. The third-order valence-electron chi connectivity index (χ3n) is 4.54. The maximum Gasteiger partial charge on any atom is 0.306 e. The molecular weight excluding hydrogens is 386 g/mol. The van der Waals surface area contributed by atoms with Gasteiger partial charge >= 0.3 is 5.97 Å². The van der Waals surface area contributed by atoms with Crippen molar-refractivity contribution >= 4 is 33.6 Å². The lowest BCUT2D eigenvalue weighted by Crippen LogP contribution is -2.42. The van der Waals surface area contributed by atoms with E-state index in [1.165, 1.54) is 6.42 Å². The number of carbonyl (C=O) groups excluding carboxylic acids is 3. The van der Waals surface area contributed by atoms with Gasteiger partial charge in [-0.25, -0.2) is 0 Å². The largest absolute Gasteiger partial charge is 0.456 e. The van der Waals surface area contributed by atoms with Crippen LogP contribution in [0.4, 0.5) is 0 Å². The highest BCUT2D eigenvalue weighted by atomic mass is 79.9. The number of amides is 1. The predicted molar refractivity (Wildman–Crippen MR) is 98.2 cm³/mol. The van der Waals surface area contributed by atoms with Gasteiger partial charge < -0.3 is 10.1 Å². The van der Waals surface area contributed by atoms with Crippen LogP contribution >= 0.6 is 15.9 Å². The summed E-state index contributed by atoms with van der Waals surface area (Å²) in [6.45, 7) is 1.85. The van der Waals surface area contributed by atoms with E-state index in [1.807, 2.05) is 0 Å². The fourth-order valence-electron chi connectivity index (χ4n) is 2.99. The molecule has 5 nitrogen and oxygen atoms in total. The number of Topliss-reactive ketones (excluding diaryl/α,β-unsaturated/α-hetero) is 1. The number of benzene rings is 1. The maximum atomic E-state index is 12.0. The molecule has 6 heteroatoms. The quantitative estimate of drug-likeness (QED) is 0.550. The molecule has 2 rings (SSSR count). The van der Waals surface area contributed by atoms with Crippen molar-refractivity contribution in [1.82, 2.24) is 5.32 Å². The number of halogens is 1. The summed E-state index contributed by atoms with van der Waals surface area (Å²) < 4.78 is 5.87. The topological polar surface area (TPSA) is 72.5 Å². The summed E-state index contributed by atoms with van der Waals surface area (Å²) in [5.41, 5.74) is 0.556. The molecule has 0 heterocycles. The highest BCUT2D eigenvalue weighted by molar-refractivity contribution is 9.10. The number of ketones is 1. The molecule has 0 saturated heterocycles. The Balaban J connectivity index is 1.67. The second kappa shape index (κ2) is 9.70. The zero-order valence-corrected chi connectivity index (χ0v) is 16.0. The summed E-state index contributed by atoms with van der Waals surface area (Å²) in [6.07, 6.45) is 4.46. The summed E-state index contributed by atoms with van der Waals surface area (Å²) in [5, 5.41) is 2.93. The second-order valence-corrected chi connectivity index (χ2v) is 7.44. The molecule has 1 aliphatic rings. The second-order valence-electron chi connectivity index (χ2n) is 6.53. The Morgan fingerprint density at radius 2 is 1.80 bits per heavy atom. The summed E-state index contributed by atoms with van der Waals surface area (Å²) >= 11 is 3.31. The number of ether oxygens (including phenoxy) is 1. The van der Waals surface area contributed by atoms with Gasteiger partial charge in [-0.2, -0.15) is 0 Å². The Morgan fingerprint density at radius 1 is 1.12 bits per heavy atom. The molecule has 1 amide bonds. The predicted octanol–water partition coefficient (Wildman–Crippen LogP) is 3.65. The Labute approximate surface area is 156 Å². The summed E-state index contributed by atoms with van der Waals surface area (Å²) in [6, 6.07) is 7.14. The van der Waals surface area contributed by atoms with Gasteiger partial charge in [0.05, 0.1) is 6.42 Å². The Hall–Kier alpha value is -1.69. The monoisotopic (exact) mass is 409 g/mol. The van der Waals surface area contributed by atoms with Crippen molar-refractivity contribution in [3.05, 3.63) is 34.3 Å². The normalized spacial score (nSPS) is 19.9. The zero-order valence-electron chi connectivity index (χ0n) is 14.4. The molecule has 136 valence electrons. The molecule has 1 aliphatic carbocycles. The van der Waals surface area contributed by atoms with E-state index in [4.69, 9.17) is 4.74 Å². The number of carbonyl (C=O) groups is 3. The van der Waals surface area contributed by atoms with Gasteiger partial charge in [-0.1, -0.05) is 47.8 Å². The molecule has 1 N–H and O–H groups in total. The van der Waals surface area contributed by atoms with Crippen molar-refractivity contribution in [1.29, 1.82) is 0 Å². The van der Waals surface area contributed by atoms with E-state index in [1.54, 1.807) is 24.3 Å². The van der Waals surface area contributed by atoms with Crippen LogP contribution in [0.15, 0.2) is 28.7 Å². The maximum absolute atomic E-state index is 12.0. The molecule has 1 aromatic carbocycles. The molecular formula is C19H24BrNO4. The number of hydrogen-bond donors (Lipinski definition) is 1. The number of rotatable bonds is 7. The molecule has 25 heavy (non-hydrogen) atoms. The van der Waals surface area contributed by atoms with Gasteiger partial charge in [-0.05, 0) is 30.9 Å². The molecule has 0 spiro atoms. The molecule has 1 aromatic rings. The standard InChI is InChI=1S/C19H24BrNO4/c1-13-4-2-3-5-16(13)21-18(23)12-25-19(24)11-10-17(22)14-6-8-15(20)9-7-14/h6-9,13,16H,2-5,10-12H2,1H3,(H,21,23)/t13-,16-/m1/s1. The van der Waals surface area contributed by atoms with Gasteiger partial charge in [0, 0.05) is 22.5 Å². The lowest BCUT2D eigenvalue weighted by Gasteiger charge is -2.29. The molecule has 2 atom stereocenters. The van der Waals surface area contributed by atoms with E-state index in [0.717, 1.165) is 23.7 Å². The number of hydrogen-bond acceptors (Lipinski definition) is 4. The van der Waals surface area contributed by atoms with Gasteiger partial charge in [0.1, 0.15) is 0 Å². The summed E-state index contributed by atoms with van der Waals surface area (Å²) in [7, 11) is 0. The third-order valence-corrected chi connectivity index (χ3v) is 5.07. The van der Waals surface area contributed by atoms with Crippen LogP contribution in [0.3, 0.4) is 0 Å². The Bertz CT molecular complexity index is 614. The third kappa shape index (κ3) is 6.61. The highest BCUT2D eigenvalue weighted by Gasteiger charge is 2.23. The molecule has 0 aliphatic heterocycles. The average molecular weight is 410 g/mol. The molecule has 1 fully saturated rings. The minimum absolute atomic E-state index is 0.0258. The van der Waals surface area contributed by atoms with Crippen LogP contribution in [0.1, 0.15) is 55.8 Å². The first-order valence-corrected chi connectivity index (χ1v) is 9.49. The molecule has 0 aromatic heterocycles. The van der Waals surface area contributed by atoms with Gasteiger partial charge in [-0.15, -0.1) is 0 Å². The summed E-state index contributed by atoms with van der Waals surface area (Å²) in [4.78, 5) is 35.6. The van der Waals surface area contributed by atoms with Crippen molar-refractivity contribution in [2.24, 2.45) is 5.92 Å². The van der Waals surface area contributed by atoms with Crippen LogP contribution in [0, 0.1) is 5.92 Å². The SMILES string of the molecule is C[C@@H]1CCCC[C@H]1NC(=O)COC(=O)CCC(=O)c1ccc(Br)cc1. The Kier molecular flexibility index (Phi) is 7.62. The van der Waals surface area contributed by atoms with Crippen LogP contribution in [-0.4, -0.2) is 30.3 Å². The molecule has 0 bridgehead atoms. The van der Waals surface area contributed by atoms with E-state index in [-0.39, 0.29) is 37.2 Å². The lowest BCUT2D eigenvalue weighted by molar-refractivity contribution is -0.148. The smallest absolute Gasteiger partial charge is 0.306 e. The van der Waals surface area contributed by atoms with E-state index >= 15 is 0 Å². The van der Waals surface area contributed by atoms with E-state index in [9.17, 15) is 14.4 Å². The van der Waals surface area contributed by atoms with Crippen molar-refractivity contribution in [3.8, 4) is 0 Å². The van der Waals surface area contributed by atoms with Gasteiger partial charge in [0.25, 0.3) is 5.91 Å². The van der Waals surface area contributed by atoms with Gasteiger partial charge in [0.2, 0.25) is 0 Å². The first-order chi connectivity index (χ1) is 12.0. The van der Waals surface area contributed by atoms with Crippen LogP contribution in [0.2, 0.25) is 0 Å². The van der Waals surface area contributed by atoms with Crippen molar-refractivity contribution in [3.63, 3.8) is 0 Å². The minimum atomic E-state index is -0.530.